The average Bonchev–Trinajstić information content (AvgIpc) is 0.739. The van der Waals surface area contributed by atoms with Gasteiger partial charge in [-0.2, -0.15) is 29.8 Å². The van der Waals surface area contributed by atoms with Crippen molar-refractivity contribution in [2.24, 2.45) is 57.2 Å². The van der Waals surface area contributed by atoms with Gasteiger partial charge in [0.25, 0.3) is 0 Å². The Labute approximate surface area is 584 Å². The number of carbonyl (C=O) groups is 2. The standard InChI is InChI=1S/C25H16NO.C23H32O2.C21H16NO.C15H28O2.2Ir/c1-2-7-18(8-3-1)21-11-6-12-24(15-21)27-25-16-22-13-19-9-4-5-10-20(19)14-23(22)17-26-25;24-20(22-8-14-1-15(9-22)3-16(2-14)10-22)7-21(25)23-11-17-4-18(12-23)6-19(5-17)13-23;1-14-7-8-20(15(2)9-14)23-21-12-18-10-16-5-3-4-6-17(16)11-19(18)13-22-21;1-7-14(5,8-2)12(16)11-13(17)15(6,9-3)10-4;;/h1-11,13-17H;7,14-19,24H,1-6,8-13H2;3-7,9-13H,1-2H3;11,16H,7-10H2,1-6H3;;/q-1;;-1;;;. The molecule has 0 amide bonds. The minimum Gasteiger partial charge on any atom is -0.512 e. The van der Waals surface area contributed by atoms with Gasteiger partial charge in [0.15, 0.2) is 11.6 Å². The number of ketones is 2. The third kappa shape index (κ3) is 15.4. The molecule has 2 N–H and O–H groups in total. The van der Waals surface area contributed by atoms with Crippen LogP contribution in [0.1, 0.15) is 155 Å². The molecule has 8 aliphatic carbocycles. The molecular weight excluding hydrogens is 1520 g/mol. The summed E-state index contributed by atoms with van der Waals surface area (Å²) < 4.78 is 11.9. The zero-order valence-corrected chi connectivity index (χ0v) is 60.8. The molecule has 8 saturated carbocycles. The van der Waals surface area contributed by atoms with Crippen molar-refractivity contribution in [3.05, 3.63) is 205 Å². The number of carbonyl (C=O) groups excluding carboxylic acids is 2. The minimum atomic E-state index is -0.337. The fraction of sp³-hybridized carbons (Fsp3) is 0.405. The summed E-state index contributed by atoms with van der Waals surface area (Å²) in [4.78, 5) is 34.4. The molecule has 0 unspecified atom stereocenters. The van der Waals surface area contributed by atoms with Crippen LogP contribution in [0.3, 0.4) is 0 Å². The van der Waals surface area contributed by atoms with E-state index < -0.39 is 0 Å². The number of aliphatic hydroxyl groups is 2. The topological polar surface area (TPSA) is 119 Å². The van der Waals surface area contributed by atoms with Crippen molar-refractivity contribution in [2.45, 2.75) is 158 Å². The molecule has 494 valence electrons. The van der Waals surface area contributed by atoms with Gasteiger partial charge in [0.05, 0.1) is 0 Å². The Kier molecular flexibility index (Phi) is 22.1. The number of aryl methyl sites for hydroxylation is 2. The van der Waals surface area contributed by atoms with Gasteiger partial charge in [0, 0.05) is 121 Å². The van der Waals surface area contributed by atoms with E-state index in [1.54, 1.807) is 6.08 Å². The Morgan fingerprint density at radius 3 is 1.40 bits per heavy atom. The molecule has 9 aromatic rings. The molecule has 94 heavy (non-hydrogen) atoms. The average molecular weight is 1610 g/mol. The predicted molar refractivity (Wildman–Crippen MR) is 374 cm³/mol. The molecular formula is C84H92Ir2N2O6-2. The van der Waals surface area contributed by atoms with Crippen LogP contribution in [0.4, 0.5) is 0 Å². The van der Waals surface area contributed by atoms with Crippen molar-refractivity contribution >= 4 is 54.7 Å². The van der Waals surface area contributed by atoms with Crippen LogP contribution in [0.15, 0.2) is 182 Å². The van der Waals surface area contributed by atoms with Gasteiger partial charge in [-0.25, -0.2) is 9.97 Å². The molecule has 17 rings (SSSR count). The zero-order valence-electron chi connectivity index (χ0n) is 56.0. The number of ether oxygens (including phenoxy) is 2. The molecule has 0 saturated heterocycles. The number of hydrogen-bond acceptors (Lipinski definition) is 8. The SMILES string of the molecule is CCC(C)(CC)C(=O)C=C(O)C(C)(CC)CC.Cc1c[c-]c(Oc2cc3cc4ccccc4cc3cn2)c(C)c1.O=C(C=C(O)C12CC3CC(CC(C3)C1)C2)C12CC3CC(CC(C3)C1)C2.[Ir].[Ir].[c-]1ccc(-c2ccccc2)cc1Oc1cc2cc3ccccc3cc2cn1. The van der Waals surface area contributed by atoms with Crippen LogP contribution < -0.4 is 9.47 Å². The second-order valence-electron chi connectivity index (χ2n) is 29.1. The summed E-state index contributed by atoms with van der Waals surface area (Å²) in [7, 11) is 0. The van der Waals surface area contributed by atoms with E-state index in [1.807, 2.05) is 122 Å². The van der Waals surface area contributed by atoms with Crippen LogP contribution in [-0.4, -0.2) is 31.7 Å². The van der Waals surface area contributed by atoms with Crippen molar-refractivity contribution in [1.29, 1.82) is 0 Å². The van der Waals surface area contributed by atoms with E-state index >= 15 is 0 Å². The first kappa shape index (κ1) is 70.0. The van der Waals surface area contributed by atoms with Crippen molar-refractivity contribution in [2.75, 3.05) is 0 Å². The first-order chi connectivity index (χ1) is 44.3. The summed E-state index contributed by atoms with van der Waals surface area (Å²) in [6.45, 7) is 16.2. The van der Waals surface area contributed by atoms with Crippen LogP contribution in [-0.2, 0) is 49.8 Å². The van der Waals surface area contributed by atoms with E-state index in [1.165, 1.54) is 71.7 Å². The number of rotatable bonds is 15. The summed E-state index contributed by atoms with van der Waals surface area (Å²) in [6.07, 6.45) is 25.3. The van der Waals surface area contributed by atoms with Crippen molar-refractivity contribution in [3.8, 4) is 34.4 Å². The number of pyridine rings is 2. The number of fused-ring (bicyclic) bond motifs is 4. The first-order valence-electron chi connectivity index (χ1n) is 34.3. The van der Waals surface area contributed by atoms with E-state index in [-0.39, 0.29) is 73.4 Å². The minimum absolute atomic E-state index is 0. The molecule has 0 aliphatic heterocycles. The summed E-state index contributed by atoms with van der Waals surface area (Å²) in [5.74, 6) is 8.47. The molecule has 8 fully saturated rings. The maximum atomic E-state index is 13.4. The van der Waals surface area contributed by atoms with Gasteiger partial charge in [-0.1, -0.05) is 134 Å². The maximum Gasteiger partial charge on any atom is 0.217 e. The van der Waals surface area contributed by atoms with Crippen LogP contribution in [0.5, 0.6) is 23.3 Å². The number of aromatic nitrogens is 2. The summed E-state index contributed by atoms with van der Waals surface area (Å²) in [5, 5.41) is 30.6. The van der Waals surface area contributed by atoms with Gasteiger partial charge in [0.2, 0.25) is 11.8 Å². The second kappa shape index (κ2) is 29.7. The van der Waals surface area contributed by atoms with Gasteiger partial charge in [0.1, 0.15) is 11.5 Å². The molecule has 2 heterocycles. The monoisotopic (exact) mass is 1610 g/mol. The van der Waals surface area contributed by atoms with Gasteiger partial charge >= 0.3 is 0 Å². The number of aliphatic hydroxyl groups excluding tert-OH is 2. The van der Waals surface area contributed by atoms with Crippen LogP contribution >= 0.6 is 0 Å². The quantitative estimate of drug-likeness (QED) is 0.0451. The molecule has 10 heteroatoms. The fourth-order valence-electron chi connectivity index (χ4n) is 17.1. The van der Waals surface area contributed by atoms with E-state index in [2.05, 4.69) is 113 Å². The third-order valence-electron chi connectivity index (χ3n) is 22.7. The number of nitrogens with zero attached hydrogens (tertiary/aromatic N) is 2. The molecule has 7 aromatic carbocycles. The Morgan fingerprint density at radius 2 is 0.947 bits per heavy atom. The normalized spacial score (nSPS) is 23.2. The van der Waals surface area contributed by atoms with Gasteiger partial charge in [-0.15, -0.1) is 29.3 Å². The summed E-state index contributed by atoms with van der Waals surface area (Å²) in [6, 6.07) is 55.7. The molecule has 8 nitrogen and oxygen atoms in total. The van der Waals surface area contributed by atoms with E-state index in [9.17, 15) is 19.8 Å². The van der Waals surface area contributed by atoms with Crippen LogP contribution in [0, 0.1) is 83.1 Å². The Balaban J connectivity index is 0.000000138. The smallest absolute Gasteiger partial charge is 0.217 e. The van der Waals surface area contributed by atoms with Crippen molar-refractivity contribution < 1.29 is 69.5 Å². The number of hydrogen-bond donors (Lipinski definition) is 2. The van der Waals surface area contributed by atoms with Crippen LogP contribution in [0.2, 0.25) is 0 Å². The third-order valence-corrected chi connectivity index (χ3v) is 22.7. The fourth-order valence-corrected chi connectivity index (χ4v) is 17.1. The Bertz CT molecular complexity index is 4150. The van der Waals surface area contributed by atoms with Crippen LogP contribution in [0.25, 0.3) is 54.2 Å². The predicted octanol–water partition coefficient (Wildman–Crippen LogP) is 22.3. The van der Waals surface area contributed by atoms with E-state index in [4.69, 9.17) is 9.47 Å². The van der Waals surface area contributed by atoms with Crippen molar-refractivity contribution in [1.82, 2.24) is 9.97 Å². The van der Waals surface area contributed by atoms with Crippen molar-refractivity contribution in [3.63, 3.8) is 0 Å². The van der Waals surface area contributed by atoms with Gasteiger partial charge in [-0.3, -0.25) is 9.59 Å². The molecule has 2 radical (unpaired) electrons. The number of allylic oxidation sites excluding steroid dienone is 4. The molecule has 8 aliphatic rings. The zero-order chi connectivity index (χ0) is 64.4. The Morgan fingerprint density at radius 1 is 0.511 bits per heavy atom. The van der Waals surface area contributed by atoms with Gasteiger partial charge < -0.3 is 19.7 Å². The molecule has 8 bridgehead atoms. The molecule has 0 spiro atoms. The molecule has 0 atom stereocenters. The van der Waals surface area contributed by atoms with E-state index in [0.29, 0.717) is 29.1 Å². The second-order valence-corrected chi connectivity index (χ2v) is 29.1. The first-order valence-corrected chi connectivity index (χ1v) is 34.3. The molecule has 2 aromatic heterocycles. The Hall–Kier alpha value is -6.80. The number of benzene rings is 7. The largest absolute Gasteiger partial charge is 0.512 e. The summed E-state index contributed by atoms with van der Waals surface area (Å²) >= 11 is 0. The summed E-state index contributed by atoms with van der Waals surface area (Å²) in [5.41, 5.74) is 3.76. The maximum absolute atomic E-state index is 13.4. The van der Waals surface area contributed by atoms with E-state index in [0.717, 1.165) is 144 Å². The van der Waals surface area contributed by atoms with Gasteiger partial charge in [-0.05, 0) is 200 Å².